The van der Waals surface area contributed by atoms with Crippen molar-refractivity contribution in [2.45, 2.75) is 31.8 Å². The minimum absolute atomic E-state index is 0.185. The summed E-state index contributed by atoms with van der Waals surface area (Å²) in [5.41, 5.74) is 0. The molecular weight excluding hydrogens is 310 g/mol. The maximum Gasteiger partial charge on any atom is 0.538 e. The maximum atomic E-state index is 12.0. The van der Waals surface area contributed by atoms with Crippen LogP contribution in [-0.4, -0.2) is 25.2 Å². The van der Waals surface area contributed by atoms with Gasteiger partial charge in [0.1, 0.15) is 18.1 Å². The summed E-state index contributed by atoms with van der Waals surface area (Å²) in [4.78, 5) is 9.14. The van der Waals surface area contributed by atoms with Gasteiger partial charge in [-0.1, -0.05) is 6.42 Å². The van der Waals surface area contributed by atoms with Gasteiger partial charge in [-0.25, -0.2) is 9.13 Å². The summed E-state index contributed by atoms with van der Waals surface area (Å²) < 4.78 is 46.7. The molecule has 0 aromatic carbocycles. The van der Waals surface area contributed by atoms with Crippen molar-refractivity contribution in [3.05, 3.63) is 12.0 Å². The Kier molecular flexibility index (Phi) is 4.95. The van der Waals surface area contributed by atoms with E-state index in [0.717, 1.165) is 46.2 Å². The number of hydrogen-bond donors (Lipinski definition) is 1. The Labute approximate surface area is 117 Å². The average Bonchev–Trinajstić information content (AvgIpc) is 2.39. The number of hydrogen-bond acceptors (Lipinski definition) is 7. The highest BCUT2D eigenvalue weighted by molar-refractivity contribution is 7.61. The van der Waals surface area contributed by atoms with E-state index < -0.39 is 15.6 Å². The second-order valence-electron chi connectivity index (χ2n) is 4.54. The van der Waals surface area contributed by atoms with Crippen LogP contribution in [0.4, 0.5) is 0 Å². The van der Waals surface area contributed by atoms with Crippen molar-refractivity contribution in [3.8, 4) is 0 Å². The quantitative estimate of drug-likeness (QED) is 0.587. The van der Waals surface area contributed by atoms with E-state index in [4.69, 9.17) is 14.2 Å². The molecule has 8 nitrogen and oxygen atoms in total. The molecule has 4 atom stereocenters. The molecule has 20 heavy (non-hydrogen) atoms. The van der Waals surface area contributed by atoms with Gasteiger partial charge in [-0.3, -0.25) is 9.05 Å². The van der Waals surface area contributed by atoms with Crippen molar-refractivity contribution in [3.63, 3.8) is 0 Å². The SMILES string of the molecule is COP(=O)(O)OP(=O)(OC)O/C=C1\OC2CCCCC12. The third kappa shape index (κ3) is 3.64. The number of fused-ring (bicyclic) bond motifs is 1. The molecule has 1 saturated heterocycles. The van der Waals surface area contributed by atoms with E-state index in [9.17, 15) is 9.13 Å². The lowest BCUT2D eigenvalue weighted by molar-refractivity contribution is -0.0718. The van der Waals surface area contributed by atoms with Gasteiger partial charge in [0.2, 0.25) is 0 Å². The van der Waals surface area contributed by atoms with Crippen LogP contribution in [-0.2, 0) is 31.7 Å². The van der Waals surface area contributed by atoms with Gasteiger partial charge in [0.05, 0.1) is 5.92 Å². The molecule has 1 N–H and O–H groups in total. The molecule has 0 aromatic rings. The number of phosphoric ester groups is 2. The van der Waals surface area contributed by atoms with E-state index in [-0.39, 0.29) is 12.0 Å². The van der Waals surface area contributed by atoms with Crippen LogP contribution in [0.2, 0.25) is 0 Å². The highest BCUT2D eigenvalue weighted by atomic mass is 31.3. The molecule has 0 bridgehead atoms. The second kappa shape index (κ2) is 6.18. The van der Waals surface area contributed by atoms with Gasteiger partial charge in [0.15, 0.2) is 0 Å². The Morgan fingerprint density at radius 2 is 1.95 bits per heavy atom. The zero-order chi connectivity index (χ0) is 14.8. The average molecular weight is 328 g/mol. The molecular formula is C10H18O8P2. The first kappa shape index (κ1) is 16.0. The van der Waals surface area contributed by atoms with Crippen molar-refractivity contribution in [1.29, 1.82) is 0 Å². The first-order valence-electron chi connectivity index (χ1n) is 6.20. The summed E-state index contributed by atoms with van der Waals surface area (Å²) in [6.45, 7) is 0. The molecule has 1 aliphatic heterocycles. The zero-order valence-corrected chi connectivity index (χ0v) is 13.0. The van der Waals surface area contributed by atoms with Crippen LogP contribution in [0.3, 0.4) is 0 Å². The van der Waals surface area contributed by atoms with E-state index in [1.165, 1.54) is 0 Å². The van der Waals surface area contributed by atoms with E-state index in [1.54, 1.807) is 0 Å². The molecule has 0 amide bonds. The lowest BCUT2D eigenvalue weighted by atomic mass is 9.81. The first-order chi connectivity index (χ1) is 9.39. The van der Waals surface area contributed by atoms with E-state index in [0.29, 0.717) is 5.76 Å². The topological polar surface area (TPSA) is 101 Å². The lowest BCUT2D eigenvalue weighted by Crippen LogP contribution is -2.39. The summed E-state index contributed by atoms with van der Waals surface area (Å²) in [7, 11) is -6.70. The molecule has 116 valence electrons. The largest absolute Gasteiger partial charge is 0.538 e. The molecule has 10 heteroatoms. The molecule has 0 aromatic heterocycles. The van der Waals surface area contributed by atoms with Gasteiger partial charge in [0, 0.05) is 14.2 Å². The third-order valence-electron chi connectivity index (χ3n) is 3.31. The molecule has 2 aliphatic rings. The molecule has 0 radical (unpaired) electrons. The highest BCUT2D eigenvalue weighted by Crippen LogP contribution is 2.63. The Morgan fingerprint density at radius 1 is 1.25 bits per heavy atom. The van der Waals surface area contributed by atoms with Gasteiger partial charge < -0.3 is 14.2 Å². The van der Waals surface area contributed by atoms with Crippen molar-refractivity contribution in [2.24, 2.45) is 5.92 Å². The Bertz CT molecular complexity index is 476. The second-order valence-corrected chi connectivity index (χ2v) is 7.96. The van der Waals surface area contributed by atoms with Crippen molar-refractivity contribution in [2.75, 3.05) is 14.2 Å². The van der Waals surface area contributed by atoms with Crippen molar-refractivity contribution >= 4 is 15.6 Å². The normalized spacial score (nSPS) is 33.2. The van der Waals surface area contributed by atoms with Gasteiger partial charge >= 0.3 is 15.6 Å². The number of phosphoric acid groups is 2. The minimum atomic E-state index is -4.47. The summed E-state index contributed by atoms with van der Waals surface area (Å²) in [5, 5.41) is 0. The molecule has 0 spiro atoms. The Balaban J connectivity index is 1.97. The Morgan fingerprint density at radius 3 is 2.55 bits per heavy atom. The van der Waals surface area contributed by atoms with Crippen LogP contribution in [0.15, 0.2) is 12.0 Å². The highest BCUT2D eigenvalue weighted by Gasteiger charge is 2.42. The van der Waals surface area contributed by atoms with Crippen LogP contribution >= 0.6 is 15.6 Å². The third-order valence-corrected chi connectivity index (χ3v) is 6.21. The van der Waals surface area contributed by atoms with E-state index >= 15 is 0 Å². The van der Waals surface area contributed by atoms with Crippen molar-refractivity contribution in [1.82, 2.24) is 0 Å². The van der Waals surface area contributed by atoms with Crippen molar-refractivity contribution < 1.29 is 36.6 Å². The summed E-state index contributed by atoms with van der Waals surface area (Å²) in [6, 6.07) is 0. The van der Waals surface area contributed by atoms with Crippen LogP contribution in [0, 0.1) is 5.92 Å². The van der Waals surface area contributed by atoms with Crippen LogP contribution in [0.5, 0.6) is 0 Å². The summed E-state index contributed by atoms with van der Waals surface area (Å²) in [5.74, 6) is 0.804. The number of rotatable bonds is 6. The molecule has 4 unspecified atom stereocenters. The fourth-order valence-electron chi connectivity index (χ4n) is 2.24. The number of ether oxygens (including phenoxy) is 1. The van der Waals surface area contributed by atoms with Gasteiger partial charge in [-0.15, -0.1) is 0 Å². The fourth-order valence-corrected chi connectivity index (χ4v) is 4.26. The van der Waals surface area contributed by atoms with Gasteiger partial charge in [0.25, 0.3) is 0 Å². The standard InChI is InChI=1S/C10H18O8P2/c1-14-19(11,12)18-20(13,15-2)16-7-10-8-5-3-4-6-9(8)17-10/h7-9H,3-6H2,1-2H3,(H,11,12)/b10-7-. The molecule has 1 aliphatic carbocycles. The van der Waals surface area contributed by atoms with Gasteiger partial charge in [-0.2, -0.15) is 4.31 Å². The molecule has 1 saturated carbocycles. The van der Waals surface area contributed by atoms with Crippen LogP contribution in [0.1, 0.15) is 25.7 Å². The molecule has 2 fully saturated rings. The molecule has 1 heterocycles. The smallest absolute Gasteiger partial charge is 0.490 e. The zero-order valence-electron chi connectivity index (χ0n) is 11.3. The monoisotopic (exact) mass is 328 g/mol. The predicted molar refractivity (Wildman–Crippen MR) is 68.5 cm³/mol. The predicted octanol–water partition coefficient (Wildman–Crippen LogP) is 2.95. The summed E-state index contributed by atoms with van der Waals surface area (Å²) >= 11 is 0. The minimum Gasteiger partial charge on any atom is -0.490 e. The summed E-state index contributed by atoms with van der Waals surface area (Å²) in [6.07, 6.45) is 5.54. The van der Waals surface area contributed by atoms with Gasteiger partial charge in [-0.05, 0) is 19.3 Å². The Hall–Kier alpha value is -0.360. The van der Waals surface area contributed by atoms with E-state index in [1.807, 2.05) is 0 Å². The molecule has 2 rings (SSSR count). The first-order valence-corrected chi connectivity index (χ1v) is 9.15. The fraction of sp³-hybridized carbons (Fsp3) is 0.800. The maximum absolute atomic E-state index is 12.0. The van der Waals surface area contributed by atoms with Crippen LogP contribution in [0.25, 0.3) is 0 Å². The van der Waals surface area contributed by atoms with E-state index in [2.05, 4.69) is 13.4 Å². The lowest BCUT2D eigenvalue weighted by Gasteiger charge is -2.42. The van der Waals surface area contributed by atoms with Crippen LogP contribution < -0.4 is 0 Å².